The minimum Gasteiger partial charge on any atom is -0.261 e. The van der Waals surface area contributed by atoms with E-state index in [9.17, 15) is 16.8 Å². The molecule has 40 heavy (non-hydrogen) atoms. The van der Waals surface area contributed by atoms with Crippen molar-refractivity contribution >= 4 is 58.3 Å². The molecule has 0 fully saturated rings. The highest BCUT2D eigenvalue weighted by Crippen LogP contribution is 2.47. The summed E-state index contributed by atoms with van der Waals surface area (Å²) in [6.07, 6.45) is 0. The molecular weight excluding hydrogens is 540 g/mol. The first-order valence-electron chi connectivity index (χ1n) is 13.0. The van der Waals surface area contributed by atoms with Gasteiger partial charge >= 0.3 is 0 Å². The molecule has 7 rings (SSSR count). The number of aryl methyl sites for hydroxylation is 3. The lowest BCUT2D eigenvalue weighted by Gasteiger charge is -2.21. The van der Waals surface area contributed by atoms with Crippen LogP contribution in [0.3, 0.4) is 0 Å². The Balaban J connectivity index is 1.57. The van der Waals surface area contributed by atoms with Crippen LogP contribution in [-0.2, 0) is 26.6 Å². The second-order valence-corrected chi connectivity index (χ2v) is 14.2. The Morgan fingerprint density at radius 3 is 1.88 bits per heavy atom. The average Bonchev–Trinajstić information content (AvgIpc) is 3.49. The SMILES string of the molecule is Cc1ccc(S(=O)(=O)N2Cc3cc4c5ccccc5n(S(=O)(=O)c5ccc(C)cc5)c4c4ccc(C)c2c34)cc1. The van der Waals surface area contributed by atoms with Crippen molar-refractivity contribution in [3.05, 3.63) is 113 Å². The predicted octanol–water partition coefficient (Wildman–Crippen LogP) is 6.82. The van der Waals surface area contributed by atoms with Crippen LogP contribution in [0, 0.1) is 20.8 Å². The molecule has 0 N–H and O–H groups in total. The van der Waals surface area contributed by atoms with Crippen LogP contribution in [0.1, 0.15) is 22.3 Å². The van der Waals surface area contributed by atoms with Crippen molar-refractivity contribution in [2.75, 3.05) is 4.31 Å². The number of para-hydroxylation sites is 1. The molecule has 0 spiro atoms. The first-order valence-corrected chi connectivity index (χ1v) is 15.9. The van der Waals surface area contributed by atoms with Crippen molar-refractivity contribution in [2.45, 2.75) is 37.1 Å². The van der Waals surface area contributed by atoms with Crippen molar-refractivity contribution in [3.8, 4) is 0 Å². The number of hydrogen-bond donors (Lipinski definition) is 0. The standard InChI is InChI=1S/C32H26N2O4S2/c1-20-8-13-24(14-9-20)39(35,36)33-19-23-18-28-26-6-4-5-7-29(26)34(40(37,38)25-15-10-21(2)11-16-25)32(28)27-17-12-22(3)31(33)30(23)27/h4-18H,19H2,1-3H3. The van der Waals surface area contributed by atoms with Crippen LogP contribution in [0.4, 0.5) is 5.69 Å². The third-order valence-electron chi connectivity index (χ3n) is 7.88. The van der Waals surface area contributed by atoms with E-state index in [1.165, 1.54) is 8.28 Å². The topological polar surface area (TPSA) is 76.5 Å². The Morgan fingerprint density at radius 1 is 0.625 bits per heavy atom. The predicted molar refractivity (Wildman–Crippen MR) is 160 cm³/mol. The quantitative estimate of drug-likeness (QED) is 0.235. The maximum absolute atomic E-state index is 14.2. The zero-order valence-corrected chi connectivity index (χ0v) is 23.8. The number of hydrogen-bond acceptors (Lipinski definition) is 4. The van der Waals surface area contributed by atoms with Gasteiger partial charge in [0.2, 0.25) is 0 Å². The lowest BCUT2D eigenvalue weighted by Crippen LogP contribution is -2.28. The van der Waals surface area contributed by atoms with Gasteiger partial charge in [-0.1, -0.05) is 65.7 Å². The number of benzene rings is 5. The van der Waals surface area contributed by atoms with Crippen LogP contribution in [0.25, 0.3) is 32.6 Å². The summed E-state index contributed by atoms with van der Waals surface area (Å²) in [6.45, 7) is 5.90. The zero-order valence-electron chi connectivity index (χ0n) is 22.2. The monoisotopic (exact) mass is 566 g/mol. The van der Waals surface area contributed by atoms with E-state index in [1.807, 2.05) is 63.2 Å². The molecule has 1 aliphatic rings. The van der Waals surface area contributed by atoms with E-state index in [1.54, 1.807) is 48.5 Å². The smallest absolute Gasteiger partial charge is 0.261 e. The summed E-state index contributed by atoms with van der Waals surface area (Å²) >= 11 is 0. The Morgan fingerprint density at radius 2 is 1.23 bits per heavy atom. The summed E-state index contributed by atoms with van der Waals surface area (Å²) in [5, 5.41) is 3.06. The third-order valence-corrected chi connectivity index (χ3v) is 11.4. The van der Waals surface area contributed by atoms with E-state index in [2.05, 4.69) is 0 Å². The van der Waals surface area contributed by atoms with Gasteiger partial charge in [0, 0.05) is 21.5 Å². The van der Waals surface area contributed by atoms with Gasteiger partial charge in [0.25, 0.3) is 20.0 Å². The molecule has 2 heterocycles. The number of rotatable bonds is 4. The van der Waals surface area contributed by atoms with Gasteiger partial charge in [-0.15, -0.1) is 0 Å². The Bertz CT molecular complexity index is 2230. The van der Waals surface area contributed by atoms with Gasteiger partial charge in [-0.3, -0.25) is 4.31 Å². The molecule has 0 bridgehead atoms. The summed E-state index contributed by atoms with van der Waals surface area (Å²) < 4.78 is 59.2. The van der Waals surface area contributed by atoms with Crippen molar-refractivity contribution < 1.29 is 16.8 Å². The molecule has 0 aliphatic carbocycles. The number of nitrogens with zero attached hydrogens (tertiary/aromatic N) is 2. The fraction of sp³-hybridized carbons (Fsp3) is 0.125. The third kappa shape index (κ3) is 3.39. The van der Waals surface area contributed by atoms with Gasteiger partial charge in [0.15, 0.2) is 0 Å². The molecule has 200 valence electrons. The van der Waals surface area contributed by atoms with Crippen molar-refractivity contribution in [3.63, 3.8) is 0 Å². The number of aromatic nitrogens is 1. The van der Waals surface area contributed by atoms with E-state index in [0.29, 0.717) is 22.1 Å². The molecule has 1 aromatic heterocycles. The van der Waals surface area contributed by atoms with E-state index in [4.69, 9.17) is 0 Å². The van der Waals surface area contributed by atoms with Crippen LogP contribution in [0.5, 0.6) is 0 Å². The highest BCUT2D eigenvalue weighted by molar-refractivity contribution is 7.92. The number of anilines is 1. The lowest BCUT2D eigenvalue weighted by molar-refractivity contribution is 0.589. The fourth-order valence-corrected chi connectivity index (χ4v) is 8.95. The van der Waals surface area contributed by atoms with Gasteiger partial charge < -0.3 is 0 Å². The molecule has 1 aliphatic heterocycles. The van der Waals surface area contributed by atoms with Gasteiger partial charge in [0.1, 0.15) is 0 Å². The Labute approximate surface area is 233 Å². The van der Waals surface area contributed by atoms with Gasteiger partial charge in [-0.25, -0.2) is 20.8 Å². The second kappa shape index (κ2) is 8.43. The summed E-state index contributed by atoms with van der Waals surface area (Å²) in [4.78, 5) is 0.424. The summed E-state index contributed by atoms with van der Waals surface area (Å²) in [7, 11) is -7.83. The maximum atomic E-state index is 14.2. The van der Waals surface area contributed by atoms with E-state index >= 15 is 0 Å². The molecule has 6 nitrogen and oxygen atoms in total. The summed E-state index contributed by atoms with van der Waals surface area (Å²) in [5.74, 6) is 0. The largest absolute Gasteiger partial charge is 0.268 e. The van der Waals surface area contributed by atoms with Crippen molar-refractivity contribution in [1.29, 1.82) is 0 Å². The summed E-state index contributed by atoms with van der Waals surface area (Å²) in [6, 6.07) is 26.9. The van der Waals surface area contributed by atoms with E-state index in [0.717, 1.165) is 38.4 Å². The van der Waals surface area contributed by atoms with Crippen molar-refractivity contribution in [2.24, 2.45) is 0 Å². The van der Waals surface area contributed by atoms with E-state index < -0.39 is 20.0 Å². The van der Waals surface area contributed by atoms with Crippen LogP contribution >= 0.6 is 0 Å². The van der Waals surface area contributed by atoms with Crippen molar-refractivity contribution in [1.82, 2.24) is 3.97 Å². The fourth-order valence-electron chi connectivity index (χ4n) is 5.89. The molecule has 0 atom stereocenters. The molecule has 0 saturated carbocycles. The zero-order chi connectivity index (χ0) is 28.0. The van der Waals surface area contributed by atoms with Crippen LogP contribution in [0.15, 0.2) is 101 Å². The highest BCUT2D eigenvalue weighted by Gasteiger charge is 2.35. The normalized spacial score (nSPS) is 13.6. The first-order chi connectivity index (χ1) is 19.1. The van der Waals surface area contributed by atoms with E-state index in [-0.39, 0.29) is 16.3 Å². The average molecular weight is 567 g/mol. The molecule has 5 aromatic carbocycles. The molecule has 8 heteroatoms. The minimum absolute atomic E-state index is 0.174. The highest BCUT2D eigenvalue weighted by atomic mass is 32.2. The van der Waals surface area contributed by atoms with Gasteiger partial charge in [-0.2, -0.15) is 0 Å². The molecule has 0 unspecified atom stereocenters. The molecule has 0 amide bonds. The molecule has 6 aromatic rings. The summed E-state index contributed by atoms with van der Waals surface area (Å²) in [5.41, 5.74) is 5.35. The van der Waals surface area contributed by atoms with Crippen LogP contribution in [-0.4, -0.2) is 20.8 Å². The molecule has 0 radical (unpaired) electrons. The Hall–Kier alpha value is -4.14. The molecular formula is C32H26N2O4S2. The van der Waals surface area contributed by atoms with Crippen LogP contribution < -0.4 is 4.31 Å². The Kier molecular flexibility index (Phi) is 5.24. The number of sulfonamides is 1. The second-order valence-electron chi connectivity index (χ2n) is 10.5. The number of fused-ring (bicyclic) bond motifs is 4. The lowest BCUT2D eigenvalue weighted by atomic mass is 9.99. The van der Waals surface area contributed by atoms with Gasteiger partial charge in [0.05, 0.1) is 33.1 Å². The maximum Gasteiger partial charge on any atom is 0.268 e. The van der Waals surface area contributed by atoms with Crippen LogP contribution in [0.2, 0.25) is 0 Å². The van der Waals surface area contributed by atoms with Gasteiger partial charge in [-0.05, 0) is 68.3 Å². The molecule has 0 saturated heterocycles. The first kappa shape index (κ1) is 24.9. The minimum atomic E-state index is -3.98.